The SMILES string of the molecule is COC1(c2nc(Cc3ccccc3)no2)CCN(C(=O)Cn2ncn(C)c2=O)CC1. The summed E-state index contributed by atoms with van der Waals surface area (Å²) in [4.78, 5) is 30.8. The van der Waals surface area contributed by atoms with Crippen LogP contribution in [0.3, 0.4) is 0 Å². The van der Waals surface area contributed by atoms with E-state index in [1.165, 1.54) is 10.9 Å². The molecule has 1 aliphatic rings. The van der Waals surface area contributed by atoms with Crippen LogP contribution in [0.2, 0.25) is 0 Å². The Morgan fingerprint density at radius 2 is 1.97 bits per heavy atom. The Kier molecular flexibility index (Phi) is 5.49. The number of hydrogen-bond acceptors (Lipinski definition) is 7. The third kappa shape index (κ3) is 3.90. The van der Waals surface area contributed by atoms with Crippen molar-refractivity contribution >= 4 is 5.91 Å². The maximum atomic E-state index is 12.6. The van der Waals surface area contributed by atoms with E-state index in [-0.39, 0.29) is 18.1 Å². The van der Waals surface area contributed by atoms with Gasteiger partial charge in [-0.15, -0.1) is 0 Å². The lowest BCUT2D eigenvalue weighted by Gasteiger charge is -2.38. The summed E-state index contributed by atoms with van der Waals surface area (Å²) in [5.74, 6) is 0.875. The zero-order valence-corrected chi connectivity index (χ0v) is 17.0. The van der Waals surface area contributed by atoms with Crippen LogP contribution >= 0.6 is 0 Å². The first-order valence-corrected chi connectivity index (χ1v) is 9.79. The van der Waals surface area contributed by atoms with Gasteiger partial charge in [0.25, 0.3) is 5.89 Å². The number of amides is 1. The number of benzene rings is 1. The zero-order chi connectivity index (χ0) is 21.1. The van der Waals surface area contributed by atoms with Crippen LogP contribution in [-0.4, -0.2) is 55.5 Å². The summed E-state index contributed by atoms with van der Waals surface area (Å²) in [5, 5.41) is 8.05. The summed E-state index contributed by atoms with van der Waals surface area (Å²) in [6.45, 7) is 0.844. The molecule has 158 valence electrons. The Morgan fingerprint density at radius 3 is 2.60 bits per heavy atom. The fourth-order valence-electron chi connectivity index (χ4n) is 3.67. The summed E-state index contributed by atoms with van der Waals surface area (Å²) < 4.78 is 13.8. The molecule has 1 fully saturated rings. The molecule has 1 aliphatic heterocycles. The van der Waals surface area contributed by atoms with Gasteiger partial charge in [-0.2, -0.15) is 10.1 Å². The number of aryl methyl sites for hydroxylation is 1. The van der Waals surface area contributed by atoms with Gasteiger partial charge in [0, 0.05) is 46.5 Å². The van der Waals surface area contributed by atoms with Gasteiger partial charge in [0.1, 0.15) is 18.5 Å². The number of hydrogen-bond donors (Lipinski definition) is 0. The summed E-state index contributed by atoms with van der Waals surface area (Å²) >= 11 is 0. The Hall–Kier alpha value is -3.27. The monoisotopic (exact) mass is 412 g/mol. The van der Waals surface area contributed by atoms with E-state index in [9.17, 15) is 9.59 Å². The molecule has 4 rings (SSSR count). The van der Waals surface area contributed by atoms with Gasteiger partial charge in [0.2, 0.25) is 5.91 Å². The molecular formula is C20H24N6O4. The van der Waals surface area contributed by atoms with Crippen molar-refractivity contribution in [1.82, 2.24) is 29.4 Å². The summed E-state index contributed by atoms with van der Waals surface area (Å²) in [6.07, 6.45) is 3.02. The number of methoxy groups -OCH3 is 1. The van der Waals surface area contributed by atoms with Crippen molar-refractivity contribution in [3.63, 3.8) is 0 Å². The number of rotatable bonds is 6. The molecule has 0 atom stereocenters. The van der Waals surface area contributed by atoms with Crippen molar-refractivity contribution in [2.24, 2.45) is 7.05 Å². The van der Waals surface area contributed by atoms with E-state index >= 15 is 0 Å². The van der Waals surface area contributed by atoms with Crippen molar-refractivity contribution in [2.75, 3.05) is 20.2 Å². The highest BCUT2D eigenvalue weighted by atomic mass is 16.5. The molecule has 0 spiro atoms. The first-order valence-electron chi connectivity index (χ1n) is 9.79. The van der Waals surface area contributed by atoms with Gasteiger partial charge < -0.3 is 14.2 Å². The van der Waals surface area contributed by atoms with Crippen molar-refractivity contribution in [2.45, 2.75) is 31.4 Å². The highest BCUT2D eigenvalue weighted by molar-refractivity contribution is 5.76. The average Bonchev–Trinajstić information content (AvgIpc) is 3.37. The van der Waals surface area contributed by atoms with Gasteiger partial charge in [-0.25, -0.2) is 9.48 Å². The number of piperidine rings is 1. The lowest BCUT2D eigenvalue weighted by molar-refractivity contribution is -0.140. The molecule has 0 aliphatic carbocycles. The number of aromatic nitrogens is 5. The molecular weight excluding hydrogens is 388 g/mol. The zero-order valence-electron chi connectivity index (χ0n) is 17.0. The molecule has 1 amide bonds. The van der Waals surface area contributed by atoms with Crippen LogP contribution in [0, 0.1) is 0 Å². The molecule has 1 aromatic carbocycles. The predicted molar refractivity (Wildman–Crippen MR) is 106 cm³/mol. The molecule has 10 heteroatoms. The van der Waals surface area contributed by atoms with Crippen LogP contribution in [-0.2, 0) is 35.1 Å². The minimum absolute atomic E-state index is 0.0819. The lowest BCUT2D eigenvalue weighted by Crippen LogP contribution is -2.47. The molecule has 0 radical (unpaired) electrons. The largest absolute Gasteiger partial charge is 0.368 e. The third-order valence-corrected chi connectivity index (χ3v) is 5.55. The molecule has 0 bridgehead atoms. The van der Waals surface area contributed by atoms with Gasteiger partial charge >= 0.3 is 5.69 Å². The minimum atomic E-state index is -0.722. The van der Waals surface area contributed by atoms with E-state index in [0.717, 1.165) is 10.2 Å². The van der Waals surface area contributed by atoms with Crippen LogP contribution in [0.5, 0.6) is 0 Å². The predicted octanol–water partition coefficient (Wildman–Crippen LogP) is 0.720. The van der Waals surface area contributed by atoms with Crippen LogP contribution in [0.25, 0.3) is 0 Å². The lowest BCUT2D eigenvalue weighted by atomic mass is 9.90. The Balaban J connectivity index is 1.41. The first kappa shape index (κ1) is 20.0. The van der Waals surface area contributed by atoms with Gasteiger partial charge in [-0.3, -0.25) is 9.36 Å². The second-order valence-corrected chi connectivity index (χ2v) is 7.44. The normalized spacial score (nSPS) is 16.0. The molecule has 30 heavy (non-hydrogen) atoms. The van der Waals surface area contributed by atoms with Gasteiger partial charge in [-0.05, 0) is 5.56 Å². The van der Waals surface area contributed by atoms with Gasteiger partial charge in [-0.1, -0.05) is 35.5 Å². The number of likely N-dealkylation sites (tertiary alicyclic amines) is 1. The van der Waals surface area contributed by atoms with Gasteiger partial charge in [0.05, 0.1) is 0 Å². The van der Waals surface area contributed by atoms with E-state index in [2.05, 4.69) is 15.2 Å². The van der Waals surface area contributed by atoms with Gasteiger partial charge in [0.15, 0.2) is 5.82 Å². The standard InChI is InChI=1S/C20H24N6O4/c1-24-14-21-26(19(24)28)13-17(27)25-10-8-20(29-2,9-11-25)18-22-16(23-30-18)12-15-6-4-3-5-7-15/h3-7,14H,8-13H2,1-2H3. The summed E-state index contributed by atoms with van der Waals surface area (Å²) in [7, 11) is 3.21. The van der Waals surface area contributed by atoms with Crippen molar-refractivity contribution < 1.29 is 14.1 Å². The number of nitrogens with zero attached hydrogens (tertiary/aromatic N) is 6. The Morgan fingerprint density at radius 1 is 1.23 bits per heavy atom. The second kappa shape index (κ2) is 8.23. The molecule has 0 saturated carbocycles. The maximum absolute atomic E-state index is 12.6. The number of ether oxygens (including phenoxy) is 1. The van der Waals surface area contributed by atoms with Crippen molar-refractivity contribution in [3.8, 4) is 0 Å². The molecule has 1 saturated heterocycles. The minimum Gasteiger partial charge on any atom is -0.368 e. The summed E-state index contributed by atoms with van der Waals surface area (Å²) in [6, 6.07) is 9.93. The Labute approximate surface area is 173 Å². The number of carbonyl (C=O) groups is 1. The molecule has 10 nitrogen and oxygen atoms in total. The quantitative estimate of drug-likeness (QED) is 0.587. The van der Waals surface area contributed by atoms with Crippen molar-refractivity contribution in [1.29, 1.82) is 0 Å². The fraction of sp³-hybridized carbons (Fsp3) is 0.450. The molecule has 0 N–H and O–H groups in total. The molecule has 3 heterocycles. The maximum Gasteiger partial charge on any atom is 0.345 e. The molecule has 0 unspecified atom stereocenters. The highest BCUT2D eigenvalue weighted by Crippen LogP contribution is 2.35. The Bertz CT molecular complexity index is 1060. The van der Waals surface area contributed by atoms with E-state index in [1.54, 1.807) is 19.1 Å². The van der Waals surface area contributed by atoms with Crippen LogP contribution in [0.15, 0.2) is 46.0 Å². The smallest absolute Gasteiger partial charge is 0.345 e. The molecule has 3 aromatic rings. The number of carbonyl (C=O) groups excluding carboxylic acids is 1. The first-order chi connectivity index (χ1) is 14.5. The average molecular weight is 412 g/mol. The second-order valence-electron chi connectivity index (χ2n) is 7.44. The van der Waals surface area contributed by atoms with Crippen LogP contribution < -0.4 is 5.69 Å². The van der Waals surface area contributed by atoms with E-state index in [1.807, 2.05) is 30.3 Å². The van der Waals surface area contributed by atoms with Crippen LogP contribution in [0.4, 0.5) is 0 Å². The third-order valence-electron chi connectivity index (χ3n) is 5.55. The highest BCUT2D eigenvalue weighted by Gasteiger charge is 2.42. The van der Waals surface area contributed by atoms with E-state index in [4.69, 9.17) is 9.26 Å². The molecule has 2 aromatic heterocycles. The summed E-state index contributed by atoms with van der Waals surface area (Å²) in [5.41, 5.74) is 0.0606. The van der Waals surface area contributed by atoms with Crippen LogP contribution in [0.1, 0.15) is 30.1 Å². The topological polar surface area (TPSA) is 108 Å². The van der Waals surface area contributed by atoms with Crippen molar-refractivity contribution in [3.05, 3.63) is 64.4 Å². The fourth-order valence-corrected chi connectivity index (χ4v) is 3.67. The van der Waals surface area contributed by atoms with E-state index < -0.39 is 5.60 Å². The van der Waals surface area contributed by atoms with E-state index in [0.29, 0.717) is 44.1 Å².